The molecule has 0 saturated heterocycles. The molecule has 12 aromatic carbocycles. The number of hydrogen-bond donors (Lipinski definition) is 2. The van der Waals surface area contributed by atoms with Gasteiger partial charge in [0.25, 0.3) is 0 Å². The fourth-order valence-electron chi connectivity index (χ4n) is 15.0. The molecule has 124 heavy (non-hydrogen) atoms. The summed E-state index contributed by atoms with van der Waals surface area (Å²) in [7, 11) is 3.11. The quantitative estimate of drug-likeness (QED) is 0.0384. The van der Waals surface area contributed by atoms with E-state index in [0.717, 1.165) is 116 Å². The van der Waals surface area contributed by atoms with Gasteiger partial charge in [0.15, 0.2) is 0 Å². The van der Waals surface area contributed by atoms with Crippen molar-refractivity contribution in [2.75, 3.05) is 83.4 Å². The Kier molecular flexibility index (Phi) is 31.7. The minimum absolute atomic E-state index is 0. The zero-order valence-corrected chi connectivity index (χ0v) is 80.6. The molecular weight excluding hydrogens is 1950 g/mol. The third-order valence-electron chi connectivity index (χ3n) is 22.0. The van der Waals surface area contributed by atoms with Crippen molar-refractivity contribution in [1.82, 2.24) is 0 Å². The topological polar surface area (TPSA) is 235 Å². The number of nitrogens with two attached hydrogens (primary N) is 2. The van der Waals surface area contributed by atoms with E-state index in [1.807, 2.05) is 167 Å². The molecule has 0 aliphatic rings. The van der Waals surface area contributed by atoms with Gasteiger partial charge in [0, 0.05) is 104 Å². The first-order valence-corrected chi connectivity index (χ1v) is 44.0. The molecule has 0 bridgehead atoms. The Morgan fingerprint density at radius 2 is 0.694 bits per heavy atom. The monoisotopic (exact) mass is 2070 g/mol. The van der Waals surface area contributed by atoms with E-state index in [9.17, 15) is 36.0 Å². The van der Waals surface area contributed by atoms with Crippen LogP contribution in [0.3, 0.4) is 0 Å². The molecule has 0 atom stereocenters. The number of benzene rings is 12. The van der Waals surface area contributed by atoms with Crippen LogP contribution in [-0.2, 0) is 128 Å². The molecular formula is C103H115N5O12Pt2S2+2. The molecule has 0 aliphatic carbocycles. The number of nitrogens with zero attached hydrogens (tertiary/aromatic N) is 3. The number of aryl methyl sites for hydroxylation is 1. The SMILES string of the molecule is CN(C)c1cccc2c(C[CH-]C(=O)COc3ccc(C(C)(C)C)cc3Cc3cc(C(C)(C)C)ccc3OCC(=O)[CH-]S(=O)(=O)c3cccc4c(N(C)C)cccc34)cccc12.Cc1cccc2c(C[C-](N)C(=O)COc3ccc(C(C)(C)C)cc3Cc3cc(C(C)(C)C)ccc3OCC(=O)[C-](N)S(=O)(=O)c3cccc4c(N(C)C)cccc34)cccc12.[Pt+2].[Pt+4]. The van der Waals surface area contributed by atoms with Crippen LogP contribution in [0.4, 0.5) is 17.1 Å². The Labute approximate surface area is 762 Å². The number of ether oxygens (including phenoxy) is 4. The Bertz CT molecular complexity index is 6160. The van der Waals surface area contributed by atoms with Gasteiger partial charge in [-0.25, -0.2) is 6.04 Å². The van der Waals surface area contributed by atoms with E-state index >= 15 is 0 Å². The van der Waals surface area contributed by atoms with E-state index in [1.165, 1.54) is 12.1 Å². The molecule has 12 rings (SSSR count). The normalized spacial score (nSPS) is 11.8. The first kappa shape index (κ1) is 97.4. The zero-order valence-electron chi connectivity index (χ0n) is 74.4. The molecule has 12 aromatic rings. The summed E-state index contributed by atoms with van der Waals surface area (Å²) in [6.45, 7) is 26.1. The second kappa shape index (κ2) is 40.3. The van der Waals surface area contributed by atoms with Crippen LogP contribution in [0.1, 0.15) is 144 Å². The summed E-state index contributed by atoms with van der Waals surface area (Å²) in [5, 5.41) is 6.12. The van der Waals surface area contributed by atoms with Crippen molar-refractivity contribution in [3.05, 3.63) is 303 Å². The maximum atomic E-state index is 13.9. The number of hydrogen-bond acceptors (Lipinski definition) is 17. The standard InChI is InChI=1S/C52H58N2O6S.C51H57N3O6S.2Pt/c1-51(2,3)38-24-27-48(59-32-40(55)26-23-35-15-11-17-43-42(35)16-12-20-46(43)53(7)8)36(30-38)29-37-31-39(52(4,5)6)25-28-49(37)60-33-41(56)34-61(57,58)50-22-14-18-44-45(50)19-13-21-47(44)54(9)10;1-32-14-10-17-39-33(15-11-16-38(32)39)29-42(52)44(55)30-59-46-24-22-36(50(2,3)4)27-34(46)26-35-28-37(51(5,6)7)23-25-47(35)60-31-45(56)49(53)61(57,58)48-21-13-18-40-41(48)19-12-20-43(40)54(8)9;;/h11-22,24-28,30-31,34H,23,29,32-33H2,1-10H3;10-25,27-28H,26,29-31,52-53H2,1-9H3;;/q2*-2;+2;+4. The first-order chi connectivity index (χ1) is 57.4. The van der Waals surface area contributed by atoms with Crippen LogP contribution in [0.15, 0.2) is 228 Å². The number of ketones is 4. The Balaban J connectivity index is 0.000000277. The van der Waals surface area contributed by atoms with Gasteiger partial charge in [-0.05, 0) is 160 Å². The van der Waals surface area contributed by atoms with Gasteiger partial charge in [-0.1, -0.05) is 258 Å². The van der Waals surface area contributed by atoms with Crippen LogP contribution in [0.5, 0.6) is 23.0 Å². The molecule has 654 valence electrons. The molecule has 0 amide bonds. The summed E-state index contributed by atoms with van der Waals surface area (Å²) in [6, 6.07) is 69.2. The number of sulfone groups is 2. The molecule has 0 aliphatic heterocycles. The van der Waals surface area contributed by atoms with E-state index in [-0.39, 0.29) is 104 Å². The van der Waals surface area contributed by atoms with E-state index in [4.69, 9.17) is 30.4 Å². The molecule has 0 spiro atoms. The number of Topliss-reactive ketones (excluding diaryl/α,β-unsaturated/α-hetero) is 4. The van der Waals surface area contributed by atoms with Gasteiger partial charge in [-0.3, -0.25) is 16.8 Å². The van der Waals surface area contributed by atoms with Crippen molar-refractivity contribution in [2.45, 2.75) is 147 Å². The van der Waals surface area contributed by atoms with Crippen molar-refractivity contribution < 1.29 is 97.1 Å². The molecule has 0 heterocycles. The average molecular weight is 2070 g/mol. The number of carbonyl (C=O) groups excluding carboxylic acids is 4. The summed E-state index contributed by atoms with van der Waals surface area (Å²) in [4.78, 5) is 59.8. The first-order valence-electron chi connectivity index (χ1n) is 41.0. The van der Waals surface area contributed by atoms with Crippen LogP contribution in [0, 0.1) is 30.5 Å². The largest absolute Gasteiger partial charge is 4.00 e. The van der Waals surface area contributed by atoms with Crippen LogP contribution in [0.25, 0.3) is 43.1 Å². The minimum Gasteiger partial charge on any atom is -0.488 e. The predicted molar refractivity (Wildman–Crippen MR) is 497 cm³/mol. The molecule has 0 unspecified atom stereocenters. The van der Waals surface area contributed by atoms with Crippen LogP contribution < -0.4 is 45.1 Å². The fourth-order valence-corrected chi connectivity index (χ4v) is 17.6. The van der Waals surface area contributed by atoms with Crippen molar-refractivity contribution in [3.8, 4) is 23.0 Å². The number of anilines is 3. The van der Waals surface area contributed by atoms with Gasteiger partial charge in [-0.15, -0.1) is 18.2 Å². The number of carbonyl (C=O) groups is 4. The zero-order chi connectivity index (χ0) is 88.7. The smallest absolute Gasteiger partial charge is 0.488 e. The molecule has 0 radical (unpaired) electrons. The van der Waals surface area contributed by atoms with Gasteiger partial charge in [-0.2, -0.15) is 5.75 Å². The van der Waals surface area contributed by atoms with Crippen LogP contribution >= 0.6 is 0 Å². The van der Waals surface area contributed by atoms with Crippen molar-refractivity contribution in [3.63, 3.8) is 0 Å². The van der Waals surface area contributed by atoms with Gasteiger partial charge in [0.2, 0.25) is 0 Å². The summed E-state index contributed by atoms with van der Waals surface area (Å²) in [6.07, 6.45) is 3.15. The third-order valence-corrected chi connectivity index (χ3v) is 25.3. The van der Waals surface area contributed by atoms with Gasteiger partial charge in [0.1, 0.15) is 49.4 Å². The maximum absolute atomic E-state index is 13.9. The fraction of sp³-hybridized carbons (Fsp3) is 0.301. The van der Waals surface area contributed by atoms with Gasteiger partial charge >= 0.3 is 42.1 Å². The van der Waals surface area contributed by atoms with Crippen molar-refractivity contribution >= 4 is 103 Å². The van der Waals surface area contributed by atoms with Crippen molar-refractivity contribution in [1.29, 1.82) is 0 Å². The Morgan fingerprint density at radius 1 is 0.371 bits per heavy atom. The molecule has 0 fully saturated rings. The summed E-state index contributed by atoms with van der Waals surface area (Å²) < 4.78 is 80.1. The maximum Gasteiger partial charge on any atom is 4.00 e. The number of fused-ring (bicyclic) bond motifs is 4. The second-order valence-corrected chi connectivity index (χ2v) is 39.7. The molecule has 17 nitrogen and oxygen atoms in total. The number of rotatable bonds is 31. The third kappa shape index (κ3) is 23.4. The second-order valence-electron chi connectivity index (χ2n) is 36.0. The van der Waals surface area contributed by atoms with Crippen molar-refractivity contribution in [2.24, 2.45) is 11.5 Å². The predicted octanol–water partition coefficient (Wildman–Crippen LogP) is 19.4. The van der Waals surface area contributed by atoms with E-state index in [0.29, 0.717) is 59.5 Å². The molecule has 21 heteroatoms. The van der Waals surface area contributed by atoms with E-state index in [1.54, 1.807) is 42.8 Å². The molecule has 4 N–H and O–H groups in total. The summed E-state index contributed by atoms with van der Waals surface area (Å²) >= 11 is 0. The summed E-state index contributed by atoms with van der Waals surface area (Å²) in [5.41, 5.74) is 25.3. The van der Waals surface area contributed by atoms with Crippen LogP contribution in [-0.4, -0.2) is 109 Å². The van der Waals surface area contributed by atoms with Crippen LogP contribution in [0.2, 0.25) is 0 Å². The summed E-state index contributed by atoms with van der Waals surface area (Å²) in [5.74, 6) is 0.713. The van der Waals surface area contributed by atoms with E-state index in [2.05, 4.69) is 150 Å². The minimum atomic E-state index is -4.38. The van der Waals surface area contributed by atoms with E-state index < -0.39 is 49.8 Å². The molecule has 0 aromatic heterocycles. The Morgan fingerprint density at radius 3 is 1.11 bits per heavy atom. The average Bonchev–Trinajstić information content (AvgIpc) is 0.763. The Hall–Kier alpha value is -10.4. The van der Waals surface area contributed by atoms with Gasteiger partial charge < -0.3 is 70.7 Å². The van der Waals surface area contributed by atoms with Gasteiger partial charge in [0.05, 0.1) is 37.0 Å². The molecule has 0 saturated carbocycles.